The van der Waals surface area contributed by atoms with Crippen molar-refractivity contribution >= 4 is 5.91 Å². The Bertz CT molecular complexity index is 613. The lowest BCUT2D eigenvalue weighted by atomic mass is 9.67. The average Bonchev–Trinajstić information content (AvgIpc) is 3.10. The minimum absolute atomic E-state index is 0.0205. The first-order valence-corrected chi connectivity index (χ1v) is 9.39. The molecule has 0 bridgehead atoms. The molecule has 1 aromatic rings. The molecule has 2 aliphatic rings. The van der Waals surface area contributed by atoms with Gasteiger partial charge in [0.25, 0.3) is 0 Å². The van der Waals surface area contributed by atoms with Gasteiger partial charge < -0.3 is 14.1 Å². The third kappa shape index (κ3) is 4.22. The van der Waals surface area contributed by atoms with Gasteiger partial charge in [0.15, 0.2) is 0 Å². The topological polar surface area (TPSA) is 68.5 Å². The fourth-order valence-corrected chi connectivity index (χ4v) is 4.98. The van der Waals surface area contributed by atoms with Crippen LogP contribution in [0.5, 0.6) is 0 Å². The van der Waals surface area contributed by atoms with E-state index in [2.05, 4.69) is 31.0 Å². The number of carbonyl (C=O) groups excluding carboxylic acids is 1. The Morgan fingerprint density at radius 2 is 2.08 bits per heavy atom. The van der Waals surface area contributed by atoms with Gasteiger partial charge in [-0.2, -0.15) is 0 Å². The van der Waals surface area contributed by atoms with E-state index in [-0.39, 0.29) is 18.1 Å². The lowest BCUT2D eigenvalue weighted by Gasteiger charge is -2.38. The summed E-state index contributed by atoms with van der Waals surface area (Å²) in [7, 11) is 1.68. The van der Waals surface area contributed by atoms with Gasteiger partial charge in [0, 0.05) is 33.4 Å². The molecular formula is C19H31N3O3. The number of nitrogens with zero attached hydrogens (tertiary/aromatic N) is 3. The maximum atomic E-state index is 11.9. The Kier molecular flexibility index (Phi) is 5.19. The molecule has 1 saturated heterocycles. The van der Waals surface area contributed by atoms with Crippen LogP contribution in [-0.4, -0.2) is 40.8 Å². The summed E-state index contributed by atoms with van der Waals surface area (Å²) in [5, 5.41) is 8.53. The summed E-state index contributed by atoms with van der Waals surface area (Å²) < 4.78 is 11.4. The molecule has 1 saturated carbocycles. The summed E-state index contributed by atoms with van der Waals surface area (Å²) >= 11 is 0. The van der Waals surface area contributed by atoms with Gasteiger partial charge in [-0.25, -0.2) is 0 Å². The first kappa shape index (κ1) is 18.4. The van der Waals surface area contributed by atoms with Gasteiger partial charge in [0.1, 0.15) is 6.04 Å². The molecule has 0 aromatic carbocycles. The smallest absolute Gasteiger partial charge is 0.239 e. The molecule has 2 unspecified atom stereocenters. The molecule has 6 heteroatoms. The molecule has 25 heavy (non-hydrogen) atoms. The van der Waals surface area contributed by atoms with Crippen molar-refractivity contribution in [1.29, 1.82) is 0 Å². The average molecular weight is 349 g/mol. The molecule has 140 valence electrons. The molecular weight excluding hydrogens is 318 g/mol. The number of rotatable bonds is 4. The van der Waals surface area contributed by atoms with Crippen molar-refractivity contribution in [2.24, 2.45) is 17.3 Å². The number of likely N-dealkylation sites (tertiary alicyclic amines) is 1. The summed E-state index contributed by atoms with van der Waals surface area (Å²) in [5.41, 5.74) is 0.383. The Morgan fingerprint density at radius 3 is 2.72 bits per heavy atom. The summed E-state index contributed by atoms with van der Waals surface area (Å²) in [4.78, 5) is 13.7. The van der Waals surface area contributed by atoms with Gasteiger partial charge in [-0.15, -0.1) is 10.2 Å². The van der Waals surface area contributed by atoms with Crippen LogP contribution in [0.3, 0.4) is 0 Å². The van der Waals surface area contributed by atoms with Crippen LogP contribution in [0.15, 0.2) is 4.42 Å². The predicted octanol–water partition coefficient (Wildman–Crippen LogP) is 3.38. The standard InChI is InChI=1S/C19H31N3O3/c1-12-6-14(10-19(3,4)9-12)7-17-20-21-18(25-17)16-8-15(24-5)11-22(16)13(2)23/h12,14-16H,6-11H2,1-5H3/t12?,14?,15-,16+/m0/s1. The minimum Gasteiger partial charge on any atom is -0.423 e. The fraction of sp³-hybridized carbons (Fsp3) is 0.842. The second-order valence-electron chi connectivity index (χ2n) is 8.80. The van der Waals surface area contributed by atoms with Gasteiger partial charge in [-0.3, -0.25) is 4.79 Å². The van der Waals surface area contributed by atoms with Crippen LogP contribution < -0.4 is 0 Å². The molecule has 1 amide bonds. The molecule has 0 N–H and O–H groups in total. The summed E-state index contributed by atoms with van der Waals surface area (Å²) in [6.45, 7) is 9.20. The number of carbonyl (C=O) groups is 1. The zero-order valence-corrected chi connectivity index (χ0v) is 16.1. The second kappa shape index (κ2) is 7.06. The molecule has 0 radical (unpaired) electrons. The van der Waals surface area contributed by atoms with E-state index in [0.717, 1.165) is 12.3 Å². The lowest BCUT2D eigenvalue weighted by Crippen LogP contribution is -2.29. The van der Waals surface area contributed by atoms with Crippen LogP contribution in [-0.2, 0) is 16.0 Å². The van der Waals surface area contributed by atoms with E-state index < -0.39 is 0 Å². The number of hydrogen-bond acceptors (Lipinski definition) is 5. The van der Waals surface area contributed by atoms with Crippen molar-refractivity contribution in [2.75, 3.05) is 13.7 Å². The van der Waals surface area contributed by atoms with E-state index in [4.69, 9.17) is 9.15 Å². The van der Waals surface area contributed by atoms with Crippen LogP contribution >= 0.6 is 0 Å². The fourth-order valence-electron chi connectivity index (χ4n) is 4.98. The van der Waals surface area contributed by atoms with E-state index in [1.54, 1.807) is 18.9 Å². The van der Waals surface area contributed by atoms with Crippen molar-refractivity contribution in [1.82, 2.24) is 15.1 Å². The largest absolute Gasteiger partial charge is 0.423 e. The van der Waals surface area contributed by atoms with Crippen molar-refractivity contribution in [2.45, 2.75) is 71.9 Å². The maximum Gasteiger partial charge on any atom is 0.239 e. The zero-order chi connectivity index (χ0) is 18.2. The van der Waals surface area contributed by atoms with Crippen molar-refractivity contribution in [3.63, 3.8) is 0 Å². The quantitative estimate of drug-likeness (QED) is 0.833. The Balaban J connectivity index is 1.69. The monoisotopic (exact) mass is 349 g/mol. The SMILES string of the molecule is CO[C@H]1C[C@H](c2nnc(CC3CC(C)CC(C)(C)C3)o2)N(C(C)=O)C1. The number of hydrogen-bond donors (Lipinski definition) is 0. The molecule has 0 spiro atoms. The lowest BCUT2D eigenvalue weighted by molar-refractivity contribution is -0.130. The van der Waals surface area contributed by atoms with Gasteiger partial charge in [-0.05, 0) is 36.5 Å². The zero-order valence-electron chi connectivity index (χ0n) is 16.1. The minimum atomic E-state index is -0.162. The van der Waals surface area contributed by atoms with Gasteiger partial charge >= 0.3 is 0 Å². The first-order chi connectivity index (χ1) is 11.8. The highest BCUT2D eigenvalue weighted by Crippen LogP contribution is 2.43. The van der Waals surface area contributed by atoms with Crippen LogP contribution in [0.4, 0.5) is 0 Å². The maximum absolute atomic E-state index is 11.9. The molecule has 2 heterocycles. The molecule has 2 fully saturated rings. The number of aromatic nitrogens is 2. The van der Waals surface area contributed by atoms with E-state index >= 15 is 0 Å². The summed E-state index contributed by atoms with van der Waals surface area (Å²) in [5.74, 6) is 2.60. The third-order valence-electron chi connectivity index (χ3n) is 5.71. The number of methoxy groups -OCH3 is 1. The predicted molar refractivity (Wildman–Crippen MR) is 93.8 cm³/mol. The number of ether oxygens (including phenoxy) is 1. The third-order valence-corrected chi connectivity index (χ3v) is 5.71. The van der Waals surface area contributed by atoms with Crippen molar-refractivity contribution in [3.8, 4) is 0 Å². The molecule has 6 nitrogen and oxygen atoms in total. The van der Waals surface area contributed by atoms with E-state index in [9.17, 15) is 4.79 Å². The van der Waals surface area contributed by atoms with Crippen LogP contribution in [0.1, 0.15) is 71.2 Å². The molecule has 3 rings (SSSR count). The summed E-state index contributed by atoms with van der Waals surface area (Å²) in [6, 6.07) is -0.162. The molecule has 1 aromatic heterocycles. The number of amides is 1. The van der Waals surface area contributed by atoms with Crippen molar-refractivity contribution in [3.05, 3.63) is 11.8 Å². The van der Waals surface area contributed by atoms with Gasteiger partial charge in [0.05, 0.1) is 6.10 Å². The normalized spacial score (nSPS) is 32.1. The Hall–Kier alpha value is -1.43. The second-order valence-corrected chi connectivity index (χ2v) is 8.80. The highest BCUT2D eigenvalue weighted by atomic mass is 16.5. The van der Waals surface area contributed by atoms with Crippen LogP contribution in [0.2, 0.25) is 0 Å². The van der Waals surface area contributed by atoms with Crippen LogP contribution in [0.25, 0.3) is 0 Å². The van der Waals surface area contributed by atoms with Gasteiger partial charge in [-0.1, -0.05) is 20.8 Å². The molecule has 4 atom stereocenters. The first-order valence-electron chi connectivity index (χ1n) is 9.39. The Labute approximate surface area is 150 Å². The van der Waals surface area contributed by atoms with Crippen molar-refractivity contribution < 1.29 is 13.9 Å². The molecule has 1 aliphatic carbocycles. The summed E-state index contributed by atoms with van der Waals surface area (Å²) in [6.07, 6.45) is 5.28. The Morgan fingerprint density at radius 1 is 1.32 bits per heavy atom. The van der Waals surface area contributed by atoms with E-state index in [1.165, 1.54) is 19.3 Å². The molecule has 1 aliphatic heterocycles. The van der Waals surface area contributed by atoms with Crippen LogP contribution in [0, 0.1) is 17.3 Å². The highest BCUT2D eigenvalue weighted by molar-refractivity contribution is 5.74. The van der Waals surface area contributed by atoms with E-state index in [0.29, 0.717) is 36.1 Å². The van der Waals surface area contributed by atoms with Gasteiger partial charge in [0.2, 0.25) is 17.7 Å². The highest BCUT2D eigenvalue weighted by Gasteiger charge is 2.38. The van der Waals surface area contributed by atoms with E-state index in [1.807, 2.05) is 0 Å².